The zero-order valence-corrected chi connectivity index (χ0v) is 9.61. The van der Waals surface area contributed by atoms with Gasteiger partial charge in [0.25, 0.3) is 0 Å². The van der Waals surface area contributed by atoms with Crippen molar-refractivity contribution in [1.82, 2.24) is 15.0 Å². The Morgan fingerprint density at radius 1 is 1.59 bits per heavy atom. The molecule has 0 saturated heterocycles. The van der Waals surface area contributed by atoms with Crippen LogP contribution in [0.15, 0.2) is 17.2 Å². The number of pyridine rings is 1. The van der Waals surface area contributed by atoms with Crippen molar-refractivity contribution in [3.63, 3.8) is 0 Å². The van der Waals surface area contributed by atoms with Crippen molar-refractivity contribution in [3.05, 3.63) is 33.3 Å². The molecule has 0 amide bonds. The standard InChI is InChI=1S/C10H8ClN3O3/c1-2-17-10(16)5-3-13-9-7(8(5)15)12-4-6(11)14-9/h3-4H,2H2,1H3,(H,13,14,15). The molecule has 2 aromatic heterocycles. The second-order valence-corrected chi connectivity index (χ2v) is 3.53. The van der Waals surface area contributed by atoms with Crippen LogP contribution < -0.4 is 5.43 Å². The van der Waals surface area contributed by atoms with Gasteiger partial charge in [0.15, 0.2) is 11.2 Å². The SMILES string of the molecule is CCOC(=O)c1c[nH]c2nc(Cl)cnc2c1=O. The number of aromatic amines is 1. The number of fused-ring (bicyclic) bond motifs is 1. The summed E-state index contributed by atoms with van der Waals surface area (Å²) in [6.07, 6.45) is 2.49. The summed E-state index contributed by atoms with van der Waals surface area (Å²) >= 11 is 5.64. The first kappa shape index (κ1) is 11.5. The van der Waals surface area contributed by atoms with Crippen molar-refractivity contribution >= 4 is 28.7 Å². The summed E-state index contributed by atoms with van der Waals surface area (Å²) in [4.78, 5) is 33.7. The summed E-state index contributed by atoms with van der Waals surface area (Å²) < 4.78 is 4.75. The quantitative estimate of drug-likeness (QED) is 0.812. The Hall–Kier alpha value is -1.95. The number of ether oxygens (including phenoxy) is 1. The van der Waals surface area contributed by atoms with Crippen LogP contribution in [0.25, 0.3) is 11.2 Å². The molecule has 0 radical (unpaired) electrons. The van der Waals surface area contributed by atoms with E-state index in [1.54, 1.807) is 6.92 Å². The molecule has 2 heterocycles. The van der Waals surface area contributed by atoms with E-state index in [0.29, 0.717) is 0 Å². The Morgan fingerprint density at radius 3 is 3.06 bits per heavy atom. The topological polar surface area (TPSA) is 84.9 Å². The molecule has 0 saturated carbocycles. The average molecular weight is 254 g/mol. The molecule has 0 aliphatic rings. The van der Waals surface area contributed by atoms with Crippen molar-refractivity contribution in [2.75, 3.05) is 6.61 Å². The Morgan fingerprint density at radius 2 is 2.35 bits per heavy atom. The van der Waals surface area contributed by atoms with Crippen LogP contribution in [0.3, 0.4) is 0 Å². The molecule has 0 aliphatic carbocycles. The molecule has 0 atom stereocenters. The molecule has 2 rings (SSSR count). The fourth-order valence-corrected chi connectivity index (χ4v) is 1.46. The summed E-state index contributed by atoms with van der Waals surface area (Å²) in [6.45, 7) is 1.86. The van der Waals surface area contributed by atoms with Crippen LogP contribution >= 0.6 is 11.6 Å². The molecule has 1 N–H and O–H groups in total. The maximum Gasteiger partial charge on any atom is 0.343 e. The van der Waals surface area contributed by atoms with Crippen LogP contribution in [0.4, 0.5) is 0 Å². The van der Waals surface area contributed by atoms with E-state index in [1.165, 1.54) is 12.4 Å². The zero-order valence-electron chi connectivity index (χ0n) is 8.86. The number of carbonyl (C=O) groups is 1. The fraction of sp³-hybridized carbons (Fsp3) is 0.200. The normalized spacial score (nSPS) is 10.5. The van der Waals surface area contributed by atoms with Crippen LogP contribution in [-0.4, -0.2) is 27.5 Å². The molecule has 0 fully saturated rings. The minimum Gasteiger partial charge on any atom is -0.462 e. The summed E-state index contributed by atoms with van der Waals surface area (Å²) in [5.41, 5.74) is -0.340. The maximum absolute atomic E-state index is 11.9. The molecule has 0 spiro atoms. The molecule has 0 bridgehead atoms. The number of aromatic nitrogens is 3. The zero-order chi connectivity index (χ0) is 12.4. The van der Waals surface area contributed by atoms with Gasteiger partial charge < -0.3 is 9.72 Å². The summed E-state index contributed by atoms with van der Waals surface area (Å²) in [7, 11) is 0. The van der Waals surface area contributed by atoms with Gasteiger partial charge in [0.2, 0.25) is 5.43 Å². The van der Waals surface area contributed by atoms with Gasteiger partial charge in [-0.2, -0.15) is 0 Å². The molecule has 6 nitrogen and oxygen atoms in total. The largest absolute Gasteiger partial charge is 0.462 e. The minimum absolute atomic E-state index is 0.0555. The molecule has 7 heteroatoms. The highest BCUT2D eigenvalue weighted by molar-refractivity contribution is 6.29. The van der Waals surface area contributed by atoms with E-state index in [1.807, 2.05) is 0 Å². The van der Waals surface area contributed by atoms with E-state index in [-0.39, 0.29) is 28.5 Å². The van der Waals surface area contributed by atoms with E-state index in [2.05, 4.69) is 15.0 Å². The molecule has 2 aromatic rings. The van der Waals surface area contributed by atoms with Crippen molar-refractivity contribution in [2.45, 2.75) is 6.92 Å². The number of esters is 1. The van der Waals surface area contributed by atoms with Crippen LogP contribution in [0.1, 0.15) is 17.3 Å². The van der Waals surface area contributed by atoms with E-state index in [9.17, 15) is 9.59 Å². The number of halogens is 1. The number of rotatable bonds is 2. The van der Waals surface area contributed by atoms with Gasteiger partial charge in [-0.1, -0.05) is 11.6 Å². The van der Waals surface area contributed by atoms with Crippen LogP contribution in [0.2, 0.25) is 5.15 Å². The Bertz CT molecular complexity index is 638. The molecule has 0 aliphatic heterocycles. The number of hydrogen-bond acceptors (Lipinski definition) is 5. The molecule has 0 aromatic carbocycles. The number of nitrogens with zero attached hydrogens (tertiary/aromatic N) is 2. The third-order valence-corrected chi connectivity index (χ3v) is 2.23. The van der Waals surface area contributed by atoms with Crippen LogP contribution in [0, 0.1) is 0 Å². The second kappa shape index (κ2) is 4.50. The third-order valence-electron chi connectivity index (χ3n) is 2.05. The maximum atomic E-state index is 11.9. The third kappa shape index (κ3) is 2.12. The lowest BCUT2D eigenvalue weighted by atomic mass is 10.2. The predicted octanol–water partition coefficient (Wildman–Crippen LogP) is 1.15. The van der Waals surface area contributed by atoms with Crippen molar-refractivity contribution < 1.29 is 9.53 Å². The predicted molar refractivity (Wildman–Crippen MR) is 61.1 cm³/mol. The Labute approximate surface area is 101 Å². The molecular formula is C10H8ClN3O3. The fourth-order valence-electron chi connectivity index (χ4n) is 1.33. The molecule has 17 heavy (non-hydrogen) atoms. The van der Waals surface area contributed by atoms with E-state index < -0.39 is 11.4 Å². The summed E-state index contributed by atoms with van der Waals surface area (Å²) in [6, 6.07) is 0. The Kier molecular flexibility index (Phi) is 3.06. The van der Waals surface area contributed by atoms with Gasteiger partial charge in [0.05, 0.1) is 12.8 Å². The highest BCUT2D eigenvalue weighted by Gasteiger charge is 2.15. The van der Waals surface area contributed by atoms with Crippen LogP contribution in [-0.2, 0) is 4.74 Å². The molecule has 88 valence electrons. The number of nitrogens with one attached hydrogen (secondary N) is 1. The molecule has 0 unspecified atom stereocenters. The van der Waals surface area contributed by atoms with Crippen molar-refractivity contribution in [3.8, 4) is 0 Å². The number of carbonyl (C=O) groups excluding carboxylic acids is 1. The summed E-state index contributed by atoms with van der Waals surface area (Å²) in [5.74, 6) is -0.688. The number of hydrogen-bond donors (Lipinski definition) is 1. The Balaban J connectivity index is 2.62. The van der Waals surface area contributed by atoms with Gasteiger partial charge in [-0.15, -0.1) is 0 Å². The smallest absolute Gasteiger partial charge is 0.343 e. The van der Waals surface area contributed by atoms with Crippen molar-refractivity contribution in [1.29, 1.82) is 0 Å². The highest BCUT2D eigenvalue weighted by Crippen LogP contribution is 2.07. The van der Waals surface area contributed by atoms with Gasteiger partial charge in [0.1, 0.15) is 10.7 Å². The van der Waals surface area contributed by atoms with Gasteiger partial charge in [-0.3, -0.25) is 4.79 Å². The van der Waals surface area contributed by atoms with E-state index >= 15 is 0 Å². The van der Waals surface area contributed by atoms with E-state index in [4.69, 9.17) is 16.3 Å². The first-order valence-corrected chi connectivity index (χ1v) is 5.22. The van der Waals surface area contributed by atoms with Gasteiger partial charge in [0, 0.05) is 6.20 Å². The van der Waals surface area contributed by atoms with Crippen LogP contribution in [0.5, 0.6) is 0 Å². The van der Waals surface area contributed by atoms with Gasteiger partial charge in [-0.05, 0) is 6.92 Å². The van der Waals surface area contributed by atoms with Crippen molar-refractivity contribution in [2.24, 2.45) is 0 Å². The van der Waals surface area contributed by atoms with E-state index in [0.717, 1.165) is 0 Å². The highest BCUT2D eigenvalue weighted by atomic mass is 35.5. The minimum atomic E-state index is -0.688. The molecular weight excluding hydrogens is 246 g/mol. The monoisotopic (exact) mass is 253 g/mol. The first-order valence-electron chi connectivity index (χ1n) is 4.84. The van der Waals surface area contributed by atoms with Gasteiger partial charge in [-0.25, -0.2) is 14.8 Å². The average Bonchev–Trinajstić information content (AvgIpc) is 2.29. The first-order chi connectivity index (χ1) is 8.13. The lowest BCUT2D eigenvalue weighted by Gasteiger charge is -2.02. The lowest BCUT2D eigenvalue weighted by Crippen LogP contribution is -2.19. The number of H-pyrrole nitrogens is 1. The van der Waals surface area contributed by atoms with Gasteiger partial charge >= 0.3 is 5.97 Å². The second-order valence-electron chi connectivity index (χ2n) is 3.14. The summed E-state index contributed by atoms with van der Waals surface area (Å²) in [5, 5.41) is 0.164. The lowest BCUT2D eigenvalue weighted by molar-refractivity contribution is 0.0524.